The Hall–Kier alpha value is -2.42. The summed E-state index contributed by atoms with van der Waals surface area (Å²) in [6.07, 6.45) is 11.6. The summed E-state index contributed by atoms with van der Waals surface area (Å²) in [5.41, 5.74) is 4.82. The van der Waals surface area contributed by atoms with Crippen LogP contribution in [0.5, 0.6) is 0 Å². The van der Waals surface area contributed by atoms with Crippen LogP contribution in [0.25, 0.3) is 0 Å². The zero-order chi connectivity index (χ0) is 14.1. The summed E-state index contributed by atoms with van der Waals surface area (Å²) in [6, 6.07) is 3.84. The van der Waals surface area contributed by atoms with Gasteiger partial charge in [-0.15, -0.1) is 0 Å². The van der Waals surface area contributed by atoms with E-state index in [1.165, 1.54) is 0 Å². The minimum Gasteiger partial charge on any atom is -0.344 e. The van der Waals surface area contributed by atoms with Gasteiger partial charge in [-0.05, 0) is 42.7 Å². The minimum atomic E-state index is -0.108. The average Bonchev–Trinajstić information content (AvgIpc) is 3.01. The number of fused-ring (bicyclic) bond motifs is 1. The monoisotopic (exact) mass is 264 g/mol. The van der Waals surface area contributed by atoms with E-state index in [4.69, 9.17) is 0 Å². The van der Waals surface area contributed by atoms with Crippen LogP contribution in [0.4, 0.5) is 0 Å². The highest BCUT2D eigenvalue weighted by Gasteiger charge is 2.21. The first-order valence-corrected chi connectivity index (χ1v) is 6.69. The van der Waals surface area contributed by atoms with Crippen LogP contribution < -0.4 is 5.32 Å². The number of carbonyl (C=O) groups excluding carboxylic acids is 1. The van der Waals surface area contributed by atoms with E-state index in [0.29, 0.717) is 0 Å². The van der Waals surface area contributed by atoms with Crippen LogP contribution in [0.1, 0.15) is 24.2 Å². The number of allylic oxidation sites excluding steroid dienone is 6. The Kier molecular flexibility index (Phi) is 3.11. The molecule has 20 heavy (non-hydrogen) atoms. The third-order valence-corrected chi connectivity index (χ3v) is 3.54. The largest absolute Gasteiger partial charge is 0.344 e. The van der Waals surface area contributed by atoms with Gasteiger partial charge in [-0.1, -0.05) is 30.4 Å². The molecule has 0 spiro atoms. The third-order valence-electron chi connectivity index (χ3n) is 3.54. The van der Waals surface area contributed by atoms with Crippen molar-refractivity contribution < 1.29 is 4.79 Å². The topological polar surface area (TPSA) is 42.0 Å². The van der Waals surface area contributed by atoms with Gasteiger partial charge >= 0.3 is 0 Å². The molecule has 1 atom stereocenters. The van der Waals surface area contributed by atoms with E-state index in [1.54, 1.807) is 0 Å². The van der Waals surface area contributed by atoms with Crippen molar-refractivity contribution >= 4 is 5.91 Å². The molecule has 0 radical (unpaired) electrons. The van der Waals surface area contributed by atoms with Crippen molar-refractivity contribution in [2.45, 2.75) is 19.9 Å². The predicted octanol–water partition coefficient (Wildman–Crippen LogP) is 2.93. The van der Waals surface area contributed by atoms with E-state index in [1.807, 2.05) is 62.6 Å². The predicted molar refractivity (Wildman–Crippen MR) is 78.9 cm³/mol. The summed E-state index contributed by atoms with van der Waals surface area (Å²) in [4.78, 5) is 16.7. The van der Waals surface area contributed by atoms with Gasteiger partial charge in [-0.3, -0.25) is 9.78 Å². The van der Waals surface area contributed by atoms with Gasteiger partial charge in [0.05, 0.1) is 11.7 Å². The number of carbonyl (C=O) groups is 1. The first-order valence-electron chi connectivity index (χ1n) is 6.69. The number of nitrogens with one attached hydrogen (secondary N) is 1. The van der Waals surface area contributed by atoms with Crippen LogP contribution in [-0.2, 0) is 4.79 Å². The van der Waals surface area contributed by atoms with Crippen LogP contribution in [-0.4, -0.2) is 10.9 Å². The van der Waals surface area contributed by atoms with E-state index in [0.717, 1.165) is 28.0 Å². The Bertz CT molecular complexity index is 675. The molecule has 3 nitrogen and oxygen atoms in total. The number of rotatable bonds is 3. The van der Waals surface area contributed by atoms with Crippen LogP contribution in [0.2, 0.25) is 0 Å². The molecule has 1 unspecified atom stereocenters. The first-order chi connectivity index (χ1) is 9.65. The van der Waals surface area contributed by atoms with E-state index < -0.39 is 0 Å². The summed E-state index contributed by atoms with van der Waals surface area (Å²) in [6.45, 7) is 3.94. The summed E-state index contributed by atoms with van der Waals surface area (Å²) in [7, 11) is 0. The van der Waals surface area contributed by atoms with Crippen molar-refractivity contribution in [1.29, 1.82) is 0 Å². The lowest BCUT2D eigenvalue weighted by atomic mass is 10.1. The first kappa shape index (κ1) is 12.6. The quantitative estimate of drug-likeness (QED) is 0.912. The average molecular weight is 264 g/mol. The van der Waals surface area contributed by atoms with Gasteiger partial charge in [0.15, 0.2) is 0 Å². The Morgan fingerprint density at radius 2 is 2.10 bits per heavy atom. The standard InChI is InChI=1S/C17H16N2O/c1-11-6-9-16(18-10-11)12(2)19-17(20)15-8-7-13-4-3-5-14(13)15/h3-10,12H,1-2H3,(H,19,20). The van der Waals surface area contributed by atoms with Gasteiger partial charge in [0.2, 0.25) is 0 Å². The zero-order valence-electron chi connectivity index (χ0n) is 11.6. The second-order valence-corrected chi connectivity index (χ2v) is 5.10. The lowest BCUT2D eigenvalue weighted by Gasteiger charge is -2.14. The number of pyridine rings is 1. The SMILES string of the molecule is Cc1ccc(C(C)NC(=O)C2=C3C=CC=C3C=C2)nc1. The smallest absolute Gasteiger partial charge is 0.252 e. The van der Waals surface area contributed by atoms with E-state index >= 15 is 0 Å². The van der Waals surface area contributed by atoms with Gasteiger partial charge in [0.25, 0.3) is 5.91 Å². The number of hydrogen-bond acceptors (Lipinski definition) is 2. The van der Waals surface area contributed by atoms with Crippen molar-refractivity contribution in [2.24, 2.45) is 0 Å². The second-order valence-electron chi connectivity index (χ2n) is 5.10. The molecule has 0 fully saturated rings. The van der Waals surface area contributed by atoms with E-state index in [9.17, 15) is 4.79 Å². The van der Waals surface area contributed by atoms with Crippen LogP contribution >= 0.6 is 0 Å². The Balaban J connectivity index is 1.75. The van der Waals surface area contributed by atoms with Crippen molar-refractivity contribution in [2.75, 3.05) is 0 Å². The maximum Gasteiger partial charge on any atom is 0.252 e. The number of aryl methyl sites for hydroxylation is 1. The molecule has 3 heteroatoms. The molecule has 1 aromatic heterocycles. The molecular weight excluding hydrogens is 248 g/mol. The molecule has 1 heterocycles. The van der Waals surface area contributed by atoms with Crippen LogP contribution in [0.15, 0.2) is 65.4 Å². The molecule has 2 aliphatic rings. The normalized spacial score (nSPS) is 17.2. The van der Waals surface area contributed by atoms with Gasteiger partial charge in [0, 0.05) is 11.8 Å². The summed E-state index contributed by atoms with van der Waals surface area (Å²) in [5, 5.41) is 3.00. The Morgan fingerprint density at radius 1 is 1.25 bits per heavy atom. The summed E-state index contributed by atoms with van der Waals surface area (Å²) in [5.74, 6) is -0.0546. The van der Waals surface area contributed by atoms with Gasteiger partial charge in [-0.25, -0.2) is 0 Å². The highest BCUT2D eigenvalue weighted by atomic mass is 16.1. The molecule has 0 aromatic carbocycles. The maximum atomic E-state index is 12.3. The van der Waals surface area contributed by atoms with E-state index in [2.05, 4.69) is 10.3 Å². The highest BCUT2D eigenvalue weighted by molar-refractivity contribution is 6.00. The molecule has 3 rings (SSSR count). The third kappa shape index (κ3) is 2.23. The molecule has 2 aliphatic carbocycles. The fourth-order valence-electron chi connectivity index (χ4n) is 2.37. The lowest BCUT2D eigenvalue weighted by molar-refractivity contribution is -0.117. The van der Waals surface area contributed by atoms with Gasteiger partial charge < -0.3 is 5.32 Å². The molecule has 1 amide bonds. The number of nitrogens with zero attached hydrogens (tertiary/aromatic N) is 1. The van der Waals surface area contributed by atoms with Crippen molar-refractivity contribution in [3.8, 4) is 0 Å². The Labute approximate surface area is 118 Å². The summed E-state index contributed by atoms with van der Waals surface area (Å²) >= 11 is 0. The molecule has 0 saturated carbocycles. The van der Waals surface area contributed by atoms with E-state index in [-0.39, 0.29) is 11.9 Å². The van der Waals surface area contributed by atoms with Crippen molar-refractivity contribution in [3.63, 3.8) is 0 Å². The minimum absolute atomic E-state index is 0.0546. The highest BCUT2D eigenvalue weighted by Crippen LogP contribution is 2.30. The lowest BCUT2D eigenvalue weighted by Crippen LogP contribution is -2.28. The molecule has 100 valence electrons. The van der Waals surface area contributed by atoms with Crippen molar-refractivity contribution in [3.05, 3.63) is 76.7 Å². The molecule has 0 aliphatic heterocycles. The fourth-order valence-corrected chi connectivity index (χ4v) is 2.37. The second kappa shape index (κ2) is 4.93. The summed E-state index contributed by atoms with van der Waals surface area (Å²) < 4.78 is 0. The zero-order valence-corrected chi connectivity index (χ0v) is 11.6. The molecular formula is C17H16N2O. The maximum absolute atomic E-state index is 12.3. The molecule has 1 N–H and O–H groups in total. The number of aromatic nitrogens is 1. The Morgan fingerprint density at radius 3 is 2.85 bits per heavy atom. The van der Waals surface area contributed by atoms with Crippen LogP contribution in [0.3, 0.4) is 0 Å². The van der Waals surface area contributed by atoms with Crippen molar-refractivity contribution in [1.82, 2.24) is 10.3 Å². The molecule has 1 aromatic rings. The molecule has 0 saturated heterocycles. The number of hydrogen-bond donors (Lipinski definition) is 1. The molecule has 0 bridgehead atoms. The van der Waals surface area contributed by atoms with Crippen LogP contribution in [0, 0.1) is 6.92 Å². The van der Waals surface area contributed by atoms with Gasteiger partial charge in [0.1, 0.15) is 0 Å². The number of amides is 1. The van der Waals surface area contributed by atoms with Gasteiger partial charge in [-0.2, -0.15) is 0 Å². The fraction of sp³-hybridized carbons (Fsp3) is 0.176.